The number of benzene rings is 3. The van der Waals surface area contributed by atoms with Gasteiger partial charge in [-0.25, -0.2) is 4.79 Å². The number of amides is 1. The SMILES string of the molecule is CCc1ccc(N[C@H]2NC(=O)/C(=C/c3ccccc3OCc3ccc(C(=O)O)cc3)S2)cc1. The lowest BCUT2D eigenvalue weighted by Gasteiger charge is -2.13. The standard InChI is InChI=1S/C26H24N2O4S/c1-2-17-9-13-21(14-10-17)27-26-28-24(29)23(33-26)15-20-5-3-4-6-22(20)32-16-18-7-11-19(12-8-18)25(30)31/h3-15,26-27H,2,16H2,1H3,(H,28,29)(H,30,31)/b23-15-/t26-/m0/s1. The molecule has 1 saturated heterocycles. The van der Waals surface area contributed by atoms with Crippen molar-refractivity contribution in [3.05, 3.63) is 100.0 Å². The molecule has 0 bridgehead atoms. The maximum Gasteiger partial charge on any atom is 0.335 e. The molecule has 0 spiro atoms. The molecule has 1 heterocycles. The molecule has 1 aliphatic heterocycles. The fourth-order valence-corrected chi connectivity index (χ4v) is 4.31. The van der Waals surface area contributed by atoms with E-state index < -0.39 is 5.97 Å². The van der Waals surface area contributed by atoms with Crippen LogP contribution in [0.1, 0.15) is 34.0 Å². The van der Waals surface area contributed by atoms with Gasteiger partial charge in [0.25, 0.3) is 5.91 Å². The van der Waals surface area contributed by atoms with Gasteiger partial charge >= 0.3 is 5.97 Å². The topological polar surface area (TPSA) is 87.7 Å². The molecule has 1 amide bonds. The van der Waals surface area contributed by atoms with Gasteiger partial charge in [-0.15, -0.1) is 0 Å². The maximum atomic E-state index is 12.5. The molecule has 3 aromatic rings. The number of anilines is 1. The van der Waals surface area contributed by atoms with Crippen LogP contribution in [0.2, 0.25) is 0 Å². The Kier molecular flexibility index (Phi) is 7.00. The van der Waals surface area contributed by atoms with E-state index in [1.807, 2.05) is 42.5 Å². The number of rotatable bonds is 8. The number of carbonyl (C=O) groups excluding carboxylic acids is 1. The third-order valence-corrected chi connectivity index (χ3v) is 6.22. The van der Waals surface area contributed by atoms with E-state index in [4.69, 9.17) is 9.84 Å². The van der Waals surface area contributed by atoms with E-state index in [0.29, 0.717) is 10.7 Å². The Morgan fingerprint density at radius 1 is 1.06 bits per heavy atom. The second-order valence-electron chi connectivity index (χ2n) is 7.50. The Morgan fingerprint density at radius 2 is 1.76 bits per heavy atom. The van der Waals surface area contributed by atoms with E-state index >= 15 is 0 Å². The zero-order valence-corrected chi connectivity index (χ0v) is 18.9. The predicted molar refractivity (Wildman–Crippen MR) is 131 cm³/mol. The van der Waals surface area contributed by atoms with Crippen molar-refractivity contribution in [1.29, 1.82) is 0 Å². The van der Waals surface area contributed by atoms with Crippen molar-refractivity contribution in [2.75, 3.05) is 5.32 Å². The van der Waals surface area contributed by atoms with Gasteiger partial charge in [0.05, 0.1) is 10.5 Å². The summed E-state index contributed by atoms with van der Waals surface area (Å²) >= 11 is 1.42. The first-order chi connectivity index (χ1) is 16.0. The molecule has 1 aliphatic rings. The number of carbonyl (C=O) groups is 2. The molecule has 1 atom stereocenters. The van der Waals surface area contributed by atoms with E-state index in [2.05, 4.69) is 29.7 Å². The zero-order valence-electron chi connectivity index (χ0n) is 18.1. The minimum atomic E-state index is -0.961. The Morgan fingerprint density at radius 3 is 2.45 bits per heavy atom. The molecule has 7 heteroatoms. The van der Waals surface area contributed by atoms with Crippen molar-refractivity contribution < 1.29 is 19.4 Å². The van der Waals surface area contributed by atoms with Crippen LogP contribution in [-0.4, -0.2) is 22.5 Å². The Labute approximate surface area is 196 Å². The van der Waals surface area contributed by atoms with Gasteiger partial charge in [0.15, 0.2) is 5.50 Å². The van der Waals surface area contributed by atoms with Crippen molar-refractivity contribution >= 4 is 35.4 Å². The number of thioether (sulfide) groups is 1. The molecule has 33 heavy (non-hydrogen) atoms. The number of hydrogen-bond acceptors (Lipinski definition) is 5. The highest BCUT2D eigenvalue weighted by atomic mass is 32.2. The van der Waals surface area contributed by atoms with Crippen molar-refractivity contribution in [3.8, 4) is 5.75 Å². The van der Waals surface area contributed by atoms with Gasteiger partial charge < -0.3 is 20.5 Å². The van der Waals surface area contributed by atoms with Crippen LogP contribution >= 0.6 is 11.8 Å². The van der Waals surface area contributed by atoms with E-state index in [9.17, 15) is 9.59 Å². The lowest BCUT2D eigenvalue weighted by molar-refractivity contribution is -0.116. The highest BCUT2D eigenvalue weighted by molar-refractivity contribution is 8.05. The first-order valence-electron chi connectivity index (χ1n) is 10.6. The number of aryl methyl sites for hydroxylation is 1. The summed E-state index contributed by atoms with van der Waals surface area (Å²) in [5.41, 5.74) is 3.84. The number of nitrogens with one attached hydrogen (secondary N) is 2. The number of aromatic carboxylic acids is 1. The van der Waals surface area contributed by atoms with Crippen molar-refractivity contribution in [3.63, 3.8) is 0 Å². The second kappa shape index (κ2) is 10.3. The van der Waals surface area contributed by atoms with Gasteiger partial charge in [-0.3, -0.25) is 4.79 Å². The fourth-order valence-electron chi connectivity index (χ4n) is 3.33. The molecular weight excluding hydrogens is 436 g/mol. The molecule has 4 rings (SSSR count). The molecule has 0 radical (unpaired) electrons. The van der Waals surface area contributed by atoms with Gasteiger partial charge in [-0.05, 0) is 54.0 Å². The number of carboxylic acid groups (broad SMARTS) is 1. The van der Waals surface area contributed by atoms with Gasteiger partial charge in [0.1, 0.15) is 12.4 Å². The summed E-state index contributed by atoms with van der Waals surface area (Å²) < 4.78 is 5.96. The van der Waals surface area contributed by atoms with E-state index in [-0.39, 0.29) is 23.6 Å². The van der Waals surface area contributed by atoms with Gasteiger partial charge in [0.2, 0.25) is 0 Å². The molecule has 0 aliphatic carbocycles. The molecule has 0 saturated carbocycles. The number of ether oxygens (including phenoxy) is 1. The van der Waals surface area contributed by atoms with Crippen LogP contribution in [0.5, 0.6) is 5.75 Å². The Balaban J connectivity index is 1.43. The van der Waals surface area contributed by atoms with Crippen LogP contribution in [0.4, 0.5) is 5.69 Å². The first-order valence-corrected chi connectivity index (χ1v) is 11.5. The van der Waals surface area contributed by atoms with Crippen LogP contribution in [0.3, 0.4) is 0 Å². The first kappa shape index (κ1) is 22.5. The van der Waals surface area contributed by atoms with E-state index in [0.717, 1.165) is 23.2 Å². The summed E-state index contributed by atoms with van der Waals surface area (Å²) in [6.45, 7) is 2.40. The normalized spacial score (nSPS) is 16.5. The third kappa shape index (κ3) is 5.75. The summed E-state index contributed by atoms with van der Waals surface area (Å²) in [6.07, 6.45) is 2.81. The van der Waals surface area contributed by atoms with Crippen LogP contribution in [0, 0.1) is 0 Å². The Bertz CT molecular complexity index is 1170. The highest BCUT2D eigenvalue weighted by Gasteiger charge is 2.27. The lowest BCUT2D eigenvalue weighted by Crippen LogP contribution is -2.30. The molecule has 0 aromatic heterocycles. The van der Waals surface area contributed by atoms with E-state index in [1.54, 1.807) is 24.3 Å². The summed E-state index contributed by atoms with van der Waals surface area (Å²) in [5, 5.41) is 15.3. The van der Waals surface area contributed by atoms with Gasteiger partial charge in [0, 0.05) is 11.3 Å². The number of para-hydroxylation sites is 1. The predicted octanol–water partition coefficient (Wildman–Crippen LogP) is 5.13. The summed E-state index contributed by atoms with van der Waals surface area (Å²) in [7, 11) is 0. The molecule has 1 fully saturated rings. The average molecular weight is 461 g/mol. The quantitative estimate of drug-likeness (QED) is 0.404. The molecule has 6 nitrogen and oxygen atoms in total. The van der Waals surface area contributed by atoms with Crippen molar-refractivity contribution in [1.82, 2.24) is 5.32 Å². The van der Waals surface area contributed by atoms with Crippen molar-refractivity contribution in [2.45, 2.75) is 25.4 Å². The fraction of sp³-hybridized carbons (Fsp3) is 0.154. The molecule has 3 N–H and O–H groups in total. The van der Waals surface area contributed by atoms with Crippen LogP contribution in [0.25, 0.3) is 6.08 Å². The average Bonchev–Trinajstić information content (AvgIpc) is 3.17. The highest BCUT2D eigenvalue weighted by Crippen LogP contribution is 2.32. The van der Waals surface area contributed by atoms with Crippen LogP contribution in [0.15, 0.2) is 77.7 Å². The third-order valence-electron chi connectivity index (χ3n) is 5.19. The van der Waals surface area contributed by atoms with Gasteiger partial charge in [-0.2, -0.15) is 0 Å². The smallest absolute Gasteiger partial charge is 0.335 e. The van der Waals surface area contributed by atoms with Crippen molar-refractivity contribution in [2.24, 2.45) is 0 Å². The minimum absolute atomic E-state index is 0.137. The molecule has 3 aromatic carbocycles. The molecule has 168 valence electrons. The number of carboxylic acids is 1. The van der Waals surface area contributed by atoms with Gasteiger partial charge in [-0.1, -0.05) is 61.2 Å². The van der Waals surface area contributed by atoms with Crippen LogP contribution in [-0.2, 0) is 17.8 Å². The zero-order chi connectivity index (χ0) is 23.2. The summed E-state index contributed by atoms with van der Waals surface area (Å²) in [4.78, 5) is 24.1. The largest absolute Gasteiger partial charge is 0.488 e. The summed E-state index contributed by atoms with van der Waals surface area (Å²) in [6, 6.07) is 22.2. The minimum Gasteiger partial charge on any atom is -0.488 e. The summed E-state index contributed by atoms with van der Waals surface area (Å²) in [5.74, 6) is -0.452. The number of hydrogen-bond donors (Lipinski definition) is 3. The monoisotopic (exact) mass is 460 g/mol. The lowest BCUT2D eigenvalue weighted by atomic mass is 10.1. The van der Waals surface area contributed by atoms with Crippen LogP contribution < -0.4 is 15.4 Å². The molecular formula is C26H24N2O4S. The van der Waals surface area contributed by atoms with E-state index in [1.165, 1.54) is 17.3 Å². The second-order valence-corrected chi connectivity index (χ2v) is 8.65. The molecule has 0 unspecified atom stereocenters. The Hall–Kier alpha value is -3.71. The maximum absolute atomic E-state index is 12.5.